The molecular formula is C55H84F6O2. The number of hydrogen-bond donors (Lipinski definition) is 0. The van der Waals surface area contributed by atoms with Crippen molar-refractivity contribution in [2.24, 2.45) is 47.3 Å². The number of aryl methyl sites for hydroxylation is 2. The van der Waals surface area contributed by atoms with Crippen LogP contribution in [0.5, 0.6) is 11.5 Å². The first-order valence-corrected chi connectivity index (χ1v) is 26.0. The van der Waals surface area contributed by atoms with Crippen molar-refractivity contribution in [1.82, 2.24) is 0 Å². The van der Waals surface area contributed by atoms with E-state index < -0.39 is 12.7 Å². The fourth-order valence-corrected chi connectivity index (χ4v) is 12.1. The van der Waals surface area contributed by atoms with Gasteiger partial charge in [0.25, 0.3) is 0 Å². The van der Waals surface area contributed by atoms with E-state index in [0.717, 1.165) is 84.2 Å². The summed E-state index contributed by atoms with van der Waals surface area (Å²) in [5.41, 5.74) is 2.21. The van der Waals surface area contributed by atoms with Crippen molar-refractivity contribution in [3.63, 3.8) is 0 Å². The first-order chi connectivity index (χ1) is 30.4. The van der Waals surface area contributed by atoms with Crippen LogP contribution in [0.1, 0.15) is 211 Å². The van der Waals surface area contributed by atoms with Crippen LogP contribution in [0.4, 0.5) is 26.3 Å². The van der Waals surface area contributed by atoms with E-state index >= 15 is 0 Å². The zero-order valence-electron chi connectivity index (χ0n) is 39.2. The monoisotopic (exact) mass is 891 g/mol. The van der Waals surface area contributed by atoms with Gasteiger partial charge in [-0.3, -0.25) is 0 Å². The van der Waals surface area contributed by atoms with Crippen molar-refractivity contribution in [3.8, 4) is 11.5 Å². The molecular weight excluding hydrogens is 807 g/mol. The smallest absolute Gasteiger partial charge is 0.406 e. The fraction of sp³-hybridized carbons (Fsp3) is 0.782. The van der Waals surface area contributed by atoms with Gasteiger partial charge in [0.2, 0.25) is 0 Å². The maximum absolute atomic E-state index is 12.3. The standard InChI is InChI=1S/C28H43F3O.C27H41F3O/c1-2-3-4-5-6-7-22-10-16-25(17-11-22)26-18-12-23(13-19-26)8-9-24-14-20-27(21-15-24)32-28(29,30)31;1-2-3-4-5-6-21-9-15-24(16-10-21)25-17-11-22(12-18-25)7-8-23-13-19-26(20-14-23)31-27(28,29)30/h14-15,20-23,25-26H,2-13,16-19H2,1H3;13-14,19-22,24-25H,2-12,15-18H2,1H3. The molecule has 2 aromatic rings. The van der Waals surface area contributed by atoms with Crippen LogP contribution in [-0.2, 0) is 12.8 Å². The summed E-state index contributed by atoms with van der Waals surface area (Å²) in [6.07, 6.45) is 33.1. The van der Waals surface area contributed by atoms with Crippen LogP contribution in [-0.4, -0.2) is 12.7 Å². The normalized spacial score (nSPS) is 27.0. The Hall–Kier alpha value is -2.38. The van der Waals surface area contributed by atoms with Gasteiger partial charge in [-0.25, -0.2) is 0 Å². The second-order valence-corrected chi connectivity index (χ2v) is 20.6. The Balaban J connectivity index is 0.000000238. The number of ether oxygens (including phenoxy) is 2. The van der Waals surface area contributed by atoms with Crippen LogP contribution in [0.2, 0.25) is 0 Å². The Labute approximate surface area is 378 Å². The Morgan fingerprint density at radius 1 is 0.365 bits per heavy atom. The third-order valence-corrected chi connectivity index (χ3v) is 16.1. The molecule has 0 bridgehead atoms. The van der Waals surface area contributed by atoms with Gasteiger partial charge in [0, 0.05) is 0 Å². The SMILES string of the molecule is CCCCCCC1CCC(C2CCC(CCc3ccc(OC(F)(F)F)cc3)CC2)CC1.CCCCCCCC1CCC(C2CCC(CCc3ccc(OC(F)(F)F)cc3)CC2)CC1. The predicted molar refractivity (Wildman–Crippen MR) is 247 cm³/mol. The van der Waals surface area contributed by atoms with Crippen LogP contribution in [0.15, 0.2) is 48.5 Å². The van der Waals surface area contributed by atoms with Crippen molar-refractivity contribution in [2.45, 2.75) is 226 Å². The van der Waals surface area contributed by atoms with E-state index in [0.29, 0.717) is 0 Å². The zero-order chi connectivity index (χ0) is 44.9. The lowest BCUT2D eigenvalue weighted by Crippen LogP contribution is -2.26. The molecule has 2 nitrogen and oxygen atoms in total. The fourth-order valence-electron chi connectivity index (χ4n) is 12.1. The minimum absolute atomic E-state index is 0.132. The lowest BCUT2D eigenvalue weighted by atomic mass is 9.68. The lowest BCUT2D eigenvalue weighted by Gasteiger charge is -2.38. The molecule has 0 unspecified atom stereocenters. The van der Waals surface area contributed by atoms with Crippen molar-refractivity contribution in [3.05, 3.63) is 59.7 Å². The molecule has 8 heteroatoms. The summed E-state index contributed by atoms with van der Waals surface area (Å²) in [6, 6.07) is 12.8. The summed E-state index contributed by atoms with van der Waals surface area (Å²) in [5, 5.41) is 0. The summed E-state index contributed by atoms with van der Waals surface area (Å²) < 4.78 is 81.6. The van der Waals surface area contributed by atoms with E-state index in [9.17, 15) is 26.3 Å². The molecule has 0 saturated heterocycles. The van der Waals surface area contributed by atoms with Crippen LogP contribution < -0.4 is 9.47 Å². The molecule has 0 aromatic heterocycles. The molecule has 0 amide bonds. The minimum atomic E-state index is -4.62. The highest BCUT2D eigenvalue weighted by atomic mass is 19.4. The van der Waals surface area contributed by atoms with E-state index in [2.05, 4.69) is 23.3 Å². The van der Waals surface area contributed by atoms with E-state index in [1.807, 2.05) is 0 Å². The van der Waals surface area contributed by atoms with Crippen molar-refractivity contribution >= 4 is 0 Å². The molecule has 0 atom stereocenters. The van der Waals surface area contributed by atoms with Gasteiger partial charge in [0.15, 0.2) is 0 Å². The number of hydrogen-bond acceptors (Lipinski definition) is 2. The molecule has 4 saturated carbocycles. The first kappa shape index (κ1) is 51.6. The van der Waals surface area contributed by atoms with Gasteiger partial charge in [-0.15, -0.1) is 26.3 Å². The molecule has 4 aliphatic carbocycles. The Morgan fingerprint density at radius 3 is 0.921 bits per heavy atom. The van der Waals surface area contributed by atoms with Gasteiger partial charge in [0.05, 0.1) is 0 Å². The van der Waals surface area contributed by atoms with Crippen molar-refractivity contribution < 1.29 is 35.8 Å². The molecule has 63 heavy (non-hydrogen) atoms. The Morgan fingerprint density at radius 2 is 0.635 bits per heavy atom. The van der Waals surface area contributed by atoms with E-state index in [1.165, 1.54) is 198 Å². The molecule has 358 valence electrons. The van der Waals surface area contributed by atoms with Gasteiger partial charge in [0.1, 0.15) is 11.5 Å². The van der Waals surface area contributed by atoms with Crippen molar-refractivity contribution in [2.75, 3.05) is 0 Å². The van der Waals surface area contributed by atoms with Crippen LogP contribution in [0.3, 0.4) is 0 Å². The number of benzene rings is 2. The zero-order valence-corrected chi connectivity index (χ0v) is 39.2. The van der Waals surface area contributed by atoms with Crippen molar-refractivity contribution in [1.29, 1.82) is 0 Å². The molecule has 0 radical (unpaired) electrons. The minimum Gasteiger partial charge on any atom is -0.406 e. The lowest BCUT2D eigenvalue weighted by molar-refractivity contribution is -0.275. The first-order valence-electron chi connectivity index (χ1n) is 26.0. The summed E-state index contributed by atoms with van der Waals surface area (Å²) in [6.45, 7) is 4.57. The number of alkyl halides is 6. The van der Waals surface area contributed by atoms with E-state index in [-0.39, 0.29) is 11.5 Å². The number of rotatable bonds is 21. The van der Waals surface area contributed by atoms with Crippen LogP contribution in [0, 0.1) is 47.3 Å². The highest BCUT2D eigenvalue weighted by Crippen LogP contribution is 2.45. The third-order valence-electron chi connectivity index (χ3n) is 16.1. The summed E-state index contributed by atoms with van der Waals surface area (Å²) in [7, 11) is 0. The average Bonchev–Trinajstić information content (AvgIpc) is 3.27. The molecule has 4 fully saturated rings. The van der Waals surface area contributed by atoms with Gasteiger partial charge in [-0.05, 0) is 160 Å². The van der Waals surface area contributed by atoms with Crippen LogP contribution in [0.25, 0.3) is 0 Å². The maximum atomic E-state index is 12.3. The quantitative estimate of drug-likeness (QED) is 0.0918. The Bertz CT molecular complexity index is 1460. The predicted octanol–water partition coefficient (Wildman–Crippen LogP) is 18.6. The molecule has 2 aromatic carbocycles. The molecule has 0 N–H and O–H groups in total. The highest BCUT2D eigenvalue weighted by molar-refractivity contribution is 5.28. The van der Waals surface area contributed by atoms with E-state index in [1.54, 1.807) is 24.3 Å². The molecule has 0 spiro atoms. The molecule has 0 heterocycles. The van der Waals surface area contributed by atoms with Gasteiger partial charge in [-0.2, -0.15) is 0 Å². The number of unbranched alkanes of at least 4 members (excludes halogenated alkanes) is 7. The maximum Gasteiger partial charge on any atom is 0.573 e. The Kier molecular flexibility index (Phi) is 22.4. The number of halogens is 6. The third kappa shape index (κ3) is 20.4. The summed E-state index contributed by atoms with van der Waals surface area (Å²) in [5.74, 6) is 7.10. The summed E-state index contributed by atoms with van der Waals surface area (Å²) in [4.78, 5) is 0. The van der Waals surface area contributed by atoms with Gasteiger partial charge < -0.3 is 9.47 Å². The summed E-state index contributed by atoms with van der Waals surface area (Å²) >= 11 is 0. The van der Waals surface area contributed by atoms with Gasteiger partial charge >= 0.3 is 12.7 Å². The second-order valence-electron chi connectivity index (χ2n) is 20.6. The molecule has 4 aliphatic rings. The topological polar surface area (TPSA) is 18.5 Å². The van der Waals surface area contributed by atoms with E-state index in [4.69, 9.17) is 0 Å². The second kappa shape index (κ2) is 27.3. The largest absolute Gasteiger partial charge is 0.573 e. The van der Waals surface area contributed by atoms with Gasteiger partial charge in [-0.1, -0.05) is 160 Å². The van der Waals surface area contributed by atoms with Crippen LogP contribution >= 0.6 is 0 Å². The molecule has 0 aliphatic heterocycles. The highest BCUT2D eigenvalue weighted by Gasteiger charge is 2.34. The molecule has 6 rings (SSSR count). The average molecular weight is 891 g/mol.